The van der Waals surface area contributed by atoms with E-state index in [0.29, 0.717) is 11.4 Å². The van der Waals surface area contributed by atoms with Crippen LogP contribution in [0, 0.1) is 5.41 Å². The van der Waals surface area contributed by atoms with Crippen molar-refractivity contribution in [2.75, 3.05) is 42.8 Å². The standard InChI is InChI=1S/C30H37N7O3S/c1-30(2,3)19-22-8-6-7-9-26(22)27-18-28(33-29(32-27)34-41(38,39)25-20-31-36(5)21-25)40-24-12-10-23(11-13-24)37-16-14-35(4)15-17-37/h6-13,18,20-21H,14-17,19H2,1-5H3,(H,32,33,34). The van der Waals surface area contributed by atoms with E-state index in [4.69, 9.17) is 4.74 Å². The Balaban J connectivity index is 1.48. The first kappa shape index (κ1) is 28.6. The molecule has 10 nitrogen and oxygen atoms in total. The number of anilines is 2. The van der Waals surface area contributed by atoms with Gasteiger partial charge >= 0.3 is 0 Å². The quantitative estimate of drug-likeness (QED) is 0.319. The van der Waals surface area contributed by atoms with Crippen molar-refractivity contribution in [2.24, 2.45) is 12.5 Å². The Hall–Kier alpha value is -3.96. The zero-order valence-corrected chi connectivity index (χ0v) is 25.0. The molecule has 0 amide bonds. The average Bonchev–Trinajstić information content (AvgIpc) is 3.36. The molecule has 2 aromatic carbocycles. The van der Waals surface area contributed by atoms with Crippen LogP contribution in [0.2, 0.25) is 0 Å². The highest BCUT2D eigenvalue weighted by molar-refractivity contribution is 7.92. The summed E-state index contributed by atoms with van der Waals surface area (Å²) in [6.45, 7) is 10.5. The van der Waals surface area contributed by atoms with Crippen LogP contribution in [-0.4, -0.2) is 66.3 Å². The van der Waals surface area contributed by atoms with Crippen LogP contribution in [0.3, 0.4) is 0 Å². The molecular formula is C30H37N7O3S. The average molecular weight is 576 g/mol. The number of hydrogen-bond acceptors (Lipinski definition) is 8. The number of benzene rings is 2. The number of aromatic nitrogens is 4. The van der Waals surface area contributed by atoms with Crippen LogP contribution >= 0.6 is 0 Å². The summed E-state index contributed by atoms with van der Waals surface area (Å²) in [7, 11) is -0.173. The zero-order valence-electron chi connectivity index (χ0n) is 24.2. The molecule has 1 aliphatic rings. The Morgan fingerprint density at radius 1 is 0.951 bits per heavy atom. The minimum absolute atomic E-state index is 0.0177. The lowest BCUT2D eigenvalue weighted by Crippen LogP contribution is -2.44. The van der Waals surface area contributed by atoms with Gasteiger partial charge in [0.15, 0.2) is 0 Å². The van der Waals surface area contributed by atoms with Crippen LogP contribution in [0.5, 0.6) is 11.6 Å². The van der Waals surface area contributed by atoms with Crippen LogP contribution in [0.15, 0.2) is 71.9 Å². The third-order valence-corrected chi connectivity index (χ3v) is 8.14. The van der Waals surface area contributed by atoms with Gasteiger partial charge in [0.05, 0.1) is 11.9 Å². The Kier molecular flexibility index (Phi) is 8.01. The lowest BCUT2D eigenvalue weighted by molar-refractivity contribution is 0.313. The van der Waals surface area contributed by atoms with E-state index < -0.39 is 10.0 Å². The highest BCUT2D eigenvalue weighted by Crippen LogP contribution is 2.32. The van der Waals surface area contributed by atoms with Crippen molar-refractivity contribution in [3.63, 3.8) is 0 Å². The SMILES string of the molecule is CN1CCN(c2ccc(Oc3cc(-c4ccccc4CC(C)(C)C)nc(NS(=O)(=O)c4cnn(C)c4)n3)cc2)CC1. The molecule has 1 aliphatic heterocycles. The predicted molar refractivity (Wildman–Crippen MR) is 161 cm³/mol. The summed E-state index contributed by atoms with van der Waals surface area (Å²) >= 11 is 0. The van der Waals surface area contributed by atoms with E-state index in [1.54, 1.807) is 13.1 Å². The summed E-state index contributed by atoms with van der Waals surface area (Å²) in [5, 5.41) is 3.98. The minimum atomic E-state index is -3.96. The first-order valence-electron chi connectivity index (χ1n) is 13.7. The predicted octanol–water partition coefficient (Wildman–Crippen LogP) is 4.81. The number of nitrogens with one attached hydrogen (secondary N) is 1. The lowest BCUT2D eigenvalue weighted by Gasteiger charge is -2.34. The number of hydrogen-bond donors (Lipinski definition) is 1. The van der Waals surface area contributed by atoms with Crippen molar-refractivity contribution in [3.8, 4) is 22.9 Å². The van der Waals surface area contributed by atoms with Crippen molar-refractivity contribution in [3.05, 3.63) is 72.6 Å². The van der Waals surface area contributed by atoms with E-state index in [2.05, 4.69) is 63.5 Å². The first-order valence-corrected chi connectivity index (χ1v) is 15.1. The molecule has 0 spiro atoms. The van der Waals surface area contributed by atoms with Gasteiger partial charge in [-0.05, 0) is 48.7 Å². The zero-order chi connectivity index (χ0) is 29.2. The van der Waals surface area contributed by atoms with Gasteiger partial charge in [-0.3, -0.25) is 4.68 Å². The molecule has 1 saturated heterocycles. The Labute approximate surface area is 242 Å². The molecule has 1 N–H and O–H groups in total. The van der Waals surface area contributed by atoms with Crippen LogP contribution in [0.25, 0.3) is 11.3 Å². The highest BCUT2D eigenvalue weighted by Gasteiger charge is 2.21. The Bertz CT molecular complexity index is 1600. The lowest BCUT2D eigenvalue weighted by atomic mass is 9.85. The molecule has 0 atom stereocenters. The molecule has 216 valence electrons. The fraction of sp³-hybridized carbons (Fsp3) is 0.367. The maximum Gasteiger partial charge on any atom is 0.267 e. The molecule has 41 heavy (non-hydrogen) atoms. The van der Waals surface area contributed by atoms with Gasteiger partial charge in [0.2, 0.25) is 11.8 Å². The summed E-state index contributed by atoms with van der Waals surface area (Å²) < 4.78 is 36.3. The summed E-state index contributed by atoms with van der Waals surface area (Å²) in [6, 6.07) is 17.6. The number of nitrogens with zero attached hydrogens (tertiary/aromatic N) is 6. The van der Waals surface area contributed by atoms with E-state index in [-0.39, 0.29) is 22.1 Å². The number of piperazine rings is 1. The largest absolute Gasteiger partial charge is 0.439 e. The maximum atomic E-state index is 13.1. The molecule has 5 rings (SSSR count). The fourth-order valence-electron chi connectivity index (χ4n) is 4.78. The topological polar surface area (TPSA) is 105 Å². The van der Waals surface area contributed by atoms with Gasteiger partial charge in [-0.15, -0.1) is 0 Å². The number of aryl methyl sites for hydroxylation is 1. The minimum Gasteiger partial charge on any atom is -0.439 e. The van der Waals surface area contributed by atoms with Gasteiger partial charge < -0.3 is 14.5 Å². The number of sulfonamides is 1. The molecule has 0 radical (unpaired) electrons. The Morgan fingerprint density at radius 3 is 2.32 bits per heavy atom. The van der Waals surface area contributed by atoms with Gasteiger partial charge in [-0.1, -0.05) is 45.0 Å². The molecule has 11 heteroatoms. The van der Waals surface area contributed by atoms with Crippen LogP contribution in [0.4, 0.5) is 11.6 Å². The number of rotatable bonds is 8. The molecular weight excluding hydrogens is 538 g/mol. The number of likely N-dealkylation sites (N-methyl/N-ethyl adjacent to an activating group) is 1. The first-order chi connectivity index (χ1) is 19.4. The summed E-state index contributed by atoms with van der Waals surface area (Å²) in [5.74, 6) is 0.745. The van der Waals surface area contributed by atoms with Crippen molar-refractivity contribution in [2.45, 2.75) is 32.1 Å². The van der Waals surface area contributed by atoms with E-state index in [1.165, 1.54) is 17.1 Å². The van der Waals surface area contributed by atoms with Crippen LogP contribution < -0.4 is 14.4 Å². The molecule has 0 saturated carbocycles. The van der Waals surface area contributed by atoms with E-state index in [1.807, 2.05) is 42.5 Å². The van der Waals surface area contributed by atoms with Gasteiger partial charge in [0, 0.05) is 56.7 Å². The van der Waals surface area contributed by atoms with E-state index >= 15 is 0 Å². The summed E-state index contributed by atoms with van der Waals surface area (Å²) in [6.07, 6.45) is 3.52. The molecule has 2 aromatic heterocycles. The monoisotopic (exact) mass is 575 g/mol. The molecule has 0 aliphatic carbocycles. The molecule has 1 fully saturated rings. The smallest absolute Gasteiger partial charge is 0.267 e. The fourth-order valence-corrected chi connectivity index (χ4v) is 5.71. The maximum absolute atomic E-state index is 13.1. The summed E-state index contributed by atoms with van der Waals surface area (Å²) in [5.41, 5.74) is 3.73. The van der Waals surface area contributed by atoms with Crippen molar-refractivity contribution in [1.82, 2.24) is 24.6 Å². The third kappa shape index (κ3) is 7.22. The molecule has 0 unspecified atom stereocenters. The second kappa shape index (κ2) is 11.5. The Morgan fingerprint density at radius 2 is 1.66 bits per heavy atom. The number of ether oxygens (including phenoxy) is 1. The van der Waals surface area contributed by atoms with Gasteiger partial charge in [-0.2, -0.15) is 10.1 Å². The molecule has 0 bridgehead atoms. The normalized spacial score (nSPS) is 14.7. The van der Waals surface area contributed by atoms with E-state index in [0.717, 1.165) is 49.4 Å². The van der Waals surface area contributed by atoms with Gasteiger partial charge in [0.25, 0.3) is 10.0 Å². The van der Waals surface area contributed by atoms with Gasteiger partial charge in [-0.25, -0.2) is 18.1 Å². The second-order valence-corrected chi connectivity index (χ2v) is 13.3. The van der Waals surface area contributed by atoms with Crippen molar-refractivity contribution >= 4 is 21.7 Å². The molecule has 4 aromatic rings. The third-order valence-electron chi connectivity index (χ3n) is 6.86. The second-order valence-electron chi connectivity index (χ2n) is 11.7. The van der Waals surface area contributed by atoms with Gasteiger partial charge in [0.1, 0.15) is 10.6 Å². The van der Waals surface area contributed by atoms with Crippen molar-refractivity contribution in [1.29, 1.82) is 0 Å². The summed E-state index contributed by atoms with van der Waals surface area (Å²) in [4.78, 5) is 13.7. The van der Waals surface area contributed by atoms with Crippen molar-refractivity contribution < 1.29 is 13.2 Å². The van der Waals surface area contributed by atoms with E-state index in [9.17, 15) is 8.42 Å². The van der Waals surface area contributed by atoms with Crippen LogP contribution in [-0.2, 0) is 23.5 Å². The highest BCUT2D eigenvalue weighted by atomic mass is 32.2. The molecule has 3 heterocycles. The van der Waals surface area contributed by atoms with Crippen LogP contribution in [0.1, 0.15) is 26.3 Å².